The number of hydrogen-bond acceptors (Lipinski definition) is 3. The maximum absolute atomic E-state index is 11.5. The van der Waals surface area contributed by atoms with Crippen molar-refractivity contribution in [2.75, 3.05) is 0 Å². The van der Waals surface area contributed by atoms with E-state index in [2.05, 4.69) is 25.9 Å². The van der Waals surface area contributed by atoms with E-state index in [9.17, 15) is 9.59 Å². The fourth-order valence-corrected chi connectivity index (χ4v) is 1.84. The Balaban J connectivity index is 2.44. The highest BCUT2D eigenvalue weighted by Gasteiger charge is 2.05. The largest absolute Gasteiger partial charge is 0.328 e. The van der Waals surface area contributed by atoms with E-state index in [-0.39, 0.29) is 6.54 Å². The van der Waals surface area contributed by atoms with E-state index < -0.39 is 11.2 Å². The number of aromatic amines is 1. The van der Waals surface area contributed by atoms with Crippen LogP contribution in [0.5, 0.6) is 0 Å². The predicted molar refractivity (Wildman–Crippen MR) is 67.4 cm³/mol. The molecule has 5 nitrogen and oxygen atoms in total. The predicted octanol–water partition coefficient (Wildman–Crippen LogP) is 1.40. The van der Waals surface area contributed by atoms with Gasteiger partial charge in [-0.3, -0.25) is 19.3 Å². The first-order chi connectivity index (χ1) is 8.08. The minimum absolute atomic E-state index is 0.273. The Morgan fingerprint density at radius 3 is 2.94 bits per heavy atom. The van der Waals surface area contributed by atoms with E-state index in [1.165, 1.54) is 17.0 Å². The van der Waals surface area contributed by atoms with Crippen LogP contribution < -0.4 is 11.2 Å². The van der Waals surface area contributed by atoms with Gasteiger partial charge in [0, 0.05) is 18.6 Å². The molecule has 0 atom stereocenters. The monoisotopic (exact) mass is 315 g/mol. The number of nitrogens with one attached hydrogen (secondary N) is 1. The van der Waals surface area contributed by atoms with Crippen LogP contribution in [0.25, 0.3) is 0 Å². The highest BCUT2D eigenvalue weighted by Crippen LogP contribution is 2.14. The molecular weight excluding hydrogens is 309 g/mol. The first kappa shape index (κ1) is 12.1. The number of rotatable bonds is 2. The summed E-state index contributed by atoms with van der Waals surface area (Å²) in [5, 5.41) is 0.474. The summed E-state index contributed by atoms with van der Waals surface area (Å²) in [6, 6.07) is 1.72. The summed E-state index contributed by atoms with van der Waals surface area (Å²) in [5.41, 5.74) is -0.180. The summed E-state index contributed by atoms with van der Waals surface area (Å²) >= 11 is 9.00. The van der Waals surface area contributed by atoms with Gasteiger partial charge >= 0.3 is 5.69 Å². The molecule has 2 heterocycles. The molecule has 2 rings (SSSR count). The Labute approximate surface area is 109 Å². The summed E-state index contributed by atoms with van der Waals surface area (Å²) in [4.78, 5) is 28.7. The molecule has 7 heteroatoms. The van der Waals surface area contributed by atoms with Crippen molar-refractivity contribution >= 4 is 27.5 Å². The summed E-state index contributed by atoms with van der Waals surface area (Å²) < 4.78 is 1.65. The molecule has 17 heavy (non-hydrogen) atoms. The second-order valence-electron chi connectivity index (χ2n) is 3.33. The van der Waals surface area contributed by atoms with Crippen molar-refractivity contribution in [1.82, 2.24) is 14.5 Å². The van der Waals surface area contributed by atoms with Crippen molar-refractivity contribution in [1.29, 1.82) is 0 Å². The van der Waals surface area contributed by atoms with Gasteiger partial charge in [-0.15, -0.1) is 0 Å². The summed E-state index contributed by atoms with van der Waals surface area (Å²) in [7, 11) is 0. The molecule has 0 saturated heterocycles. The maximum atomic E-state index is 11.5. The lowest BCUT2D eigenvalue weighted by atomic mass is 10.2. The van der Waals surface area contributed by atoms with Crippen LogP contribution >= 0.6 is 27.5 Å². The molecule has 88 valence electrons. The lowest BCUT2D eigenvalue weighted by molar-refractivity contribution is 0.715. The molecule has 0 aliphatic carbocycles. The van der Waals surface area contributed by atoms with E-state index in [0.29, 0.717) is 9.50 Å². The Bertz CT molecular complexity index is 665. The van der Waals surface area contributed by atoms with E-state index in [0.717, 1.165) is 5.56 Å². The lowest BCUT2D eigenvalue weighted by Crippen LogP contribution is -2.30. The van der Waals surface area contributed by atoms with Gasteiger partial charge in [-0.25, -0.2) is 4.79 Å². The van der Waals surface area contributed by atoms with Crippen molar-refractivity contribution in [2.24, 2.45) is 0 Å². The van der Waals surface area contributed by atoms with Crippen LogP contribution in [0.1, 0.15) is 5.56 Å². The molecule has 0 aliphatic heterocycles. The average molecular weight is 317 g/mol. The van der Waals surface area contributed by atoms with Crippen LogP contribution in [-0.4, -0.2) is 14.5 Å². The molecular formula is C10H7BrClN3O2. The van der Waals surface area contributed by atoms with Gasteiger partial charge in [0.2, 0.25) is 0 Å². The van der Waals surface area contributed by atoms with Gasteiger partial charge in [-0.1, -0.05) is 11.6 Å². The summed E-state index contributed by atoms with van der Waals surface area (Å²) in [6.45, 7) is 0.273. The summed E-state index contributed by atoms with van der Waals surface area (Å²) in [5.74, 6) is 0. The third kappa shape index (κ3) is 2.65. The molecule has 0 bridgehead atoms. The smallest absolute Gasteiger partial charge is 0.295 e. The minimum Gasteiger partial charge on any atom is -0.295 e. The molecule has 0 unspecified atom stereocenters. The molecule has 0 radical (unpaired) electrons. The molecule has 2 aromatic rings. The molecule has 1 N–H and O–H groups in total. The first-order valence-electron chi connectivity index (χ1n) is 4.65. The van der Waals surface area contributed by atoms with Crippen LogP contribution in [0, 0.1) is 0 Å². The summed E-state index contributed by atoms with van der Waals surface area (Å²) in [6.07, 6.45) is 4.52. The van der Waals surface area contributed by atoms with Crippen LogP contribution in [0.15, 0.2) is 38.7 Å². The number of hydrogen-bond donors (Lipinski definition) is 1. The third-order valence-electron chi connectivity index (χ3n) is 2.16. The Kier molecular flexibility index (Phi) is 3.44. The maximum Gasteiger partial charge on any atom is 0.328 e. The average Bonchev–Trinajstić information content (AvgIpc) is 2.29. The van der Waals surface area contributed by atoms with E-state index >= 15 is 0 Å². The lowest BCUT2D eigenvalue weighted by Gasteiger charge is -2.06. The topological polar surface area (TPSA) is 67.8 Å². The Hall–Kier alpha value is -1.40. The zero-order chi connectivity index (χ0) is 12.4. The van der Waals surface area contributed by atoms with Crippen molar-refractivity contribution in [3.8, 4) is 0 Å². The highest BCUT2D eigenvalue weighted by atomic mass is 79.9. The molecule has 0 aromatic carbocycles. The molecule has 2 aromatic heterocycles. The fourth-order valence-electron chi connectivity index (χ4n) is 1.32. The molecule has 0 amide bonds. The molecule has 0 saturated carbocycles. The van der Waals surface area contributed by atoms with E-state index in [1.54, 1.807) is 12.3 Å². The quantitative estimate of drug-likeness (QED) is 0.910. The van der Waals surface area contributed by atoms with Crippen molar-refractivity contribution in [2.45, 2.75) is 6.54 Å². The van der Waals surface area contributed by atoms with E-state index in [1.807, 2.05) is 0 Å². The number of halogens is 2. The number of nitrogens with zero attached hydrogens (tertiary/aromatic N) is 2. The normalized spacial score (nSPS) is 10.5. The van der Waals surface area contributed by atoms with Gasteiger partial charge in [-0.05, 0) is 27.6 Å². The number of pyridine rings is 1. The standard InChI is InChI=1S/C10H7BrClN3O2/c11-7-5-15(10(17)14-9(7)16)4-6-1-2-13-3-8(6)12/h1-3,5H,4H2,(H,14,16,17). The Morgan fingerprint density at radius 1 is 1.47 bits per heavy atom. The second-order valence-corrected chi connectivity index (χ2v) is 4.59. The van der Waals surface area contributed by atoms with Gasteiger partial charge in [-0.2, -0.15) is 0 Å². The van der Waals surface area contributed by atoms with Crippen molar-refractivity contribution < 1.29 is 0 Å². The second kappa shape index (κ2) is 4.85. The molecule has 0 aliphatic rings. The molecule has 0 spiro atoms. The Morgan fingerprint density at radius 2 is 2.24 bits per heavy atom. The highest BCUT2D eigenvalue weighted by molar-refractivity contribution is 9.10. The number of H-pyrrole nitrogens is 1. The number of aromatic nitrogens is 3. The van der Waals surface area contributed by atoms with Crippen LogP contribution in [-0.2, 0) is 6.54 Å². The first-order valence-corrected chi connectivity index (χ1v) is 5.82. The van der Waals surface area contributed by atoms with Crippen LogP contribution in [0.3, 0.4) is 0 Å². The zero-order valence-corrected chi connectivity index (χ0v) is 10.8. The van der Waals surface area contributed by atoms with Crippen molar-refractivity contribution in [3.05, 3.63) is 60.6 Å². The van der Waals surface area contributed by atoms with Gasteiger partial charge in [0.15, 0.2) is 0 Å². The minimum atomic E-state index is -0.480. The van der Waals surface area contributed by atoms with Gasteiger partial charge in [0.05, 0.1) is 16.0 Å². The van der Waals surface area contributed by atoms with Crippen LogP contribution in [0.4, 0.5) is 0 Å². The SMILES string of the molecule is O=c1[nH]c(=O)n(Cc2ccncc2Cl)cc1Br. The van der Waals surface area contributed by atoms with Gasteiger partial charge in [0.25, 0.3) is 5.56 Å². The van der Waals surface area contributed by atoms with Crippen LogP contribution in [0.2, 0.25) is 5.02 Å². The van der Waals surface area contributed by atoms with Gasteiger partial charge < -0.3 is 0 Å². The third-order valence-corrected chi connectivity index (χ3v) is 3.07. The fraction of sp³-hybridized carbons (Fsp3) is 0.100. The van der Waals surface area contributed by atoms with E-state index in [4.69, 9.17) is 11.6 Å². The van der Waals surface area contributed by atoms with Crippen molar-refractivity contribution in [3.63, 3.8) is 0 Å². The van der Waals surface area contributed by atoms with Gasteiger partial charge in [0.1, 0.15) is 0 Å². The zero-order valence-electron chi connectivity index (χ0n) is 8.48. The molecule has 0 fully saturated rings.